The van der Waals surface area contributed by atoms with Gasteiger partial charge in [0.25, 0.3) is 0 Å². The first kappa shape index (κ1) is 19.3. The summed E-state index contributed by atoms with van der Waals surface area (Å²) in [5.74, 6) is 0.441. The monoisotopic (exact) mass is 355 g/mol. The first-order chi connectivity index (χ1) is 10.9. The van der Waals surface area contributed by atoms with Crippen LogP contribution in [-0.4, -0.2) is 36.2 Å². The molecule has 7 heteroatoms. The van der Waals surface area contributed by atoms with Crippen molar-refractivity contribution < 1.29 is 9.53 Å². The van der Waals surface area contributed by atoms with Crippen molar-refractivity contribution in [1.82, 2.24) is 10.2 Å². The third-order valence-corrected chi connectivity index (χ3v) is 3.38. The molecular weight excluding hydrogens is 334 g/mol. The van der Waals surface area contributed by atoms with Gasteiger partial charge in [0.15, 0.2) is 5.11 Å². The number of hydrogen-bond donors (Lipinski definition) is 2. The summed E-state index contributed by atoms with van der Waals surface area (Å²) in [6, 6.07) is 7.02. The molecule has 5 nitrogen and oxygen atoms in total. The lowest BCUT2D eigenvalue weighted by molar-refractivity contribution is 0.200. The zero-order chi connectivity index (χ0) is 17.2. The summed E-state index contributed by atoms with van der Waals surface area (Å²) in [5.41, 5.74) is 0.723. The average molecular weight is 356 g/mol. The number of unbranched alkanes of at least 4 members (excludes halogenated alkanes) is 1. The Balaban J connectivity index is 2.57. The van der Waals surface area contributed by atoms with Gasteiger partial charge in [0, 0.05) is 30.4 Å². The second-order valence-electron chi connectivity index (χ2n) is 5.00. The number of carbonyl (C=O) groups is 1. The molecule has 2 N–H and O–H groups in total. The van der Waals surface area contributed by atoms with E-state index < -0.39 is 6.09 Å². The van der Waals surface area contributed by atoms with Crippen LogP contribution in [-0.2, 0) is 0 Å². The van der Waals surface area contributed by atoms with Crippen molar-refractivity contribution in [3.05, 3.63) is 35.9 Å². The molecule has 0 saturated carbocycles. The molecule has 0 radical (unpaired) electrons. The smallest absolute Gasteiger partial charge is 0.410 e. The number of nitrogens with zero attached hydrogens (tertiary/aromatic N) is 1. The maximum atomic E-state index is 11.6. The number of rotatable bonds is 7. The Labute approximate surface area is 147 Å². The number of benzene rings is 1. The highest BCUT2D eigenvalue weighted by atomic mass is 35.5. The largest absolute Gasteiger partial charge is 0.412 e. The number of anilines is 1. The Morgan fingerprint density at radius 1 is 1.48 bits per heavy atom. The van der Waals surface area contributed by atoms with Crippen LogP contribution in [0.1, 0.15) is 19.8 Å². The molecule has 0 heterocycles. The van der Waals surface area contributed by atoms with Crippen LogP contribution in [0.5, 0.6) is 5.75 Å². The van der Waals surface area contributed by atoms with E-state index in [1.54, 1.807) is 23.1 Å². The van der Waals surface area contributed by atoms with E-state index in [4.69, 9.17) is 28.6 Å². The summed E-state index contributed by atoms with van der Waals surface area (Å²) in [6.07, 6.45) is 1.47. The molecule has 1 aromatic carbocycles. The van der Waals surface area contributed by atoms with E-state index in [1.165, 1.54) is 0 Å². The molecule has 1 aromatic rings. The Morgan fingerprint density at radius 2 is 2.22 bits per heavy atom. The topological polar surface area (TPSA) is 53.6 Å². The van der Waals surface area contributed by atoms with Gasteiger partial charge in [-0.1, -0.05) is 37.6 Å². The molecule has 1 amide bonds. The Bertz CT molecular complexity index is 566. The highest BCUT2D eigenvalue weighted by Crippen LogP contribution is 2.18. The Morgan fingerprint density at radius 3 is 2.87 bits per heavy atom. The number of ether oxygens (including phenoxy) is 1. The third-order valence-electron chi connectivity index (χ3n) is 2.85. The molecule has 0 saturated heterocycles. The molecule has 0 atom stereocenters. The molecule has 0 unspecified atom stereocenters. The summed E-state index contributed by atoms with van der Waals surface area (Å²) < 4.78 is 5.23. The lowest BCUT2D eigenvalue weighted by Crippen LogP contribution is -2.32. The maximum Gasteiger partial charge on any atom is 0.412 e. The molecule has 0 aliphatic heterocycles. The Kier molecular flexibility index (Phi) is 8.43. The van der Waals surface area contributed by atoms with E-state index in [2.05, 4.69) is 24.1 Å². The standard InChI is InChI=1S/C16H22ClN3O2S/c1-4-5-9-18-16(21)22-14-8-6-7-13(10-14)19-15(23)20(3)11-12(2)17/h6-8,10H,2,4-5,9,11H2,1,3H3,(H,18,21)(H,19,23). The van der Waals surface area contributed by atoms with Crippen molar-refractivity contribution in [2.45, 2.75) is 19.8 Å². The van der Waals surface area contributed by atoms with Crippen molar-refractivity contribution in [2.75, 3.05) is 25.5 Å². The predicted molar refractivity (Wildman–Crippen MR) is 99.2 cm³/mol. The fourth-order valence-corrected chi connectivity index (χ4v) is 2.06. The van der Waals surface area contributed by atoms with Gasteiger partial charge in [0.05, 0.1) is 6.54 Å². The predicted octanol–water partition coefficient (Wildman–Crippen LogP) is 3.96. The van der Waals surface area contributed by atoms with Crippen molar-refractivity contribution in [1.29, 1.82) is 0 Å². The van der Waals surface area contributed by atoms with E-state index >= 15 is 0 Å². The second-order valence-corrected chi connectivity index (χ2v) is 5.92. The molecule has 126 valence electrons. The zero-order valence-electron chi connectivity index (χ0n) is 13.4. The lowest BCUT2D eigenvalue weighted by atomic mass is 10.3. The molecule has 0 bridgehead atoms. The average Bonchev–Trinajstić information content (AvgIpc) is 2.47. The van der Waals surface area contributed by atoms with Gasteiger partial charge in [0.1, 0.15) is 5.75 Å². The van der Waals surface area contributed by atoms with Crippen LogP contribution in [0, 0.1) is 0 Å². The van der Waals surface area contributed by atoms with Gasteiger partial charge in [-0.25, -0.2) is 4.79 Å². The number of nitrogens with one attached hydrogen (secondary N) is 2. The first-order valence-corrected chi connectivity index (χ1v) is 8.12. The van der Waals surface area contributed by atoms with Crippen LogP contribution in [0.2, 0.25) is 0 Å². The van der Waals surface area contributed by atoms with Crippen LogP contribution in [0.15, 0.2) is 35.9 Å². The quantitative estimate of drug-likeness (QED) is 0.572. The molecule has 0 aliphatic carbocycles. The van der Waals surface area contributed by atoms with Crippen LogP contribution < -0.4 is 15.4 Å². The van der Waals surface area contributed by atoms with E-state index in [1.807, 2.05) is 13.1 Å². The van der Waals surface area contributed by atoms with Gasteiger partial charge in [-0.05, 0) is 30.8 Å². The highest BCUT2D eigenvalue weighted by Gasteiger charge is 2.08. The van der Waals surface area contributed by atoms with Crippen molar-refractivity contribution in [3.8, 4) is 5.75 Å². The van der Waals surface area contributed by atoms with Crippen molar-refractivity contribution in [2.24, 2.45) is 0 Å². The van der Waals surface area contributed by atoms with E-state index in [-0.39, 0.29) is 0 Å². The summed E-state index contributed by atoms with van der Waals surface area (Å²) in [6.45, 7) is 6.74. The van der Waals surface area contributed by atoms with Crippen molar-refractivity contribution >= 4 is 40.7 Å². The number of halogens is 1. The van der Waals surface area contributed by atoms with Gasteiger partial charge in [-0.15, -0.1) is 0 Å². The number of hydrogen-bond acceptors (Lipinski definition) is 3. The van der Waals surface area contributed by atoms with Gasteiger partial charge in [0.2, 0.25) is 0 Å². The number of likely N-dealkylation sites (N-methyl/N-ethyl adjacent to an activating group) is 1. The van der Waals surface area contributed by atoms with Gasteiger partial charge >= 0.3 is 6.09 Å². The summed E-state index contributed by atoms with van der Waals surface area (Å²) in [7, 11) is 1.81. The van der Waals surface area contributed by atoms with Gasteiger partial charge in [-0.2, -0.15) is 0 Å². The van der Waals surface area contributed by atoms with E-state index in [0.717, 1.165) is 18.5 Å². The van der Waals surface area contributed by atoms with Crippen LogP contribution >= 0.6 is 23.8 Å². The zero-order valence-corrected chi connectivity index (χ0v) is 15.0. The molecule has 0 spiro atoms. The van der Waals surface area contributed by atoms with Gasteiger partial charge in [-0.3, -0.25) is 0 Å². The van der Waals surface area contributed by atoms with Crippen LogP contribution in [0.25, 0.3) is 0 Å². The summed E-state index contributed by atoms with van der Waals surface area (Å²) >= 11 is 11.0. The highest BCUT2D eigenvalue weighted by molar-refractivity contribution is 7.80. The number of carbonyl (C=O) groups excluding carboxylic acids is 1. The van der Waals surface area contributed by atoms with E-state index in [0.29, 0.717) is 29.0 Å². The normalized spacial score (nSPS) is 9.87. The molecular formula is C16H22ClN3O2S. The SMILES string of the molecule is C=C(Cl)CN(C)C(=S)Nc1cccc(OC(=O)NCCCC)c1. The number of thiocarbonyl (C=S) groups is 1. The number of amides is 1. The van der Waals surface area contributed by atoms with Crippen LogP contribution in [0.3, 0.4) is 0 Å². The fraction of sp³-hybridized carbons (Fsp3) is 0.375. The molecule has 0 fully saturated rings. The lowest BCUT2D eigenvalue weighted by Gasteiger charge is -2.20. The third kappa shape index (κ3) is 7.85. The van der Waals surface area contributed by atoms with Crippen LogP contribution in [0.4, 0.5) is 10.5 Å². The summed E-state index contributed by atoms with van der Waals surface area (Å²) in [5, 5.41) is 6.75. The molecule has 1 rings (SSSR count). The minimum Gasteiger partial charge on any atom is -0.410 e. The second kappa shape index (κ2) is 10.1. The molecule has 23 heavy (non-hydrogen) atoms. The minimum atomic E-state index is -0.464. The summed E-state index contributed by atoms with van der Waals surface area (Å²) in [4.78, 5) is 13.4. The first-order valence-electron chi connectivity index (χ1n) is 7.33. The molecule has 0 aliphatic rings. The van der Waals surface area contributed by atoms with Gasteiger partial charge < -0.3 is 20.3 Å². The van der Waals surface area contributed by atoms with E-state index in [9.17, 15) is 4.79 Å². The molecule has 0 aromatic heterocycles. The van der Waals surface area contributed by atoms with Crippen molar-refractivity contribution in [3.63, 3.8) is 0 Å². The maximum absolute atomic E-state index is 11.6. The Hall–Kier alpha value is -1.79. The fourth-order valence-electron chi connectivity index (χ4n) is 1.70. The minimum absolute atomic E-state index is 0.441.